The van der Waals surface area contributed by atoms with Crippen LogP contribution in [0.25, 0.3) is 0 Å². The summed E-state index contributed by atoms with van der Waals surface area (Å²) in [4.78, 5) is 13.4. The minimum absolute atomic E-state index is 0.479. The molecule has 1 saturated heterocycles. The molecule has 0 spiro atoms. The molecule has 0 amide bonds. The Bertz CT molecular complexity index is 418. The average molecular weight is 314 g/mol. The normalized spacial score (nSPS) is 18.5. The first kappa shape index (κ1) is 13.5. The van der Waals surface area contributed by atoms with E-state index in [4.69, 9.17) is 4.74 Å². The fraction of sp³-hybridized carbons (Fsp3) is 0.462. The van der Waals surface area contributed by atoms with Gasteiger partial charge in [-0.2, -0.15) is 0 Å². The fourth-order valence-electron chi connectivity index (χ4n) is 2.13. The van der Waals surface area contributed by atoms with Crippen LogP contribution in [0.15, 0.2) is 28.7 Å². The van der Waals surface area contributed by atoms with Gasteiger partial charge in [0.25, 0.3) is 0 Å². The SMILES string of the molecule is O=C(O)C(Cc1ccccc1Br)N1CCOCC1. The van der Waals surface area contributed by atoms with Gasteiger partial charge < -0.3 is 9.84 Å². The average Bonchev–Trinajstić information content (AvgIpc) is 2.38. The Morgan fingerprint density at radius 3 is 2.67 bits per heavy atom. The molecule has 1 heterocycles. The number of benzene rings is 1. The van der Waals surface area contributed by atoms with Crippen molar-refractivity contribution in [2.45, 2.75) is 12.5 Å². The molecule has 0 aromatic heterocycles. The van der Waals surface area contributed by atoms with Gasteiger partial charge >= 0.3 is 5.97 Å². The number of carbonyl (C=O) groups is 1. The quantitative estimate of drug-likeness (QED) is 0.920. The van der Waals surface area contributed by atoms with E-state index < -0.39 is 12.0 Å². The highest BCUT2D eigenvalue weighted by molar-refractivity contribution is 9.10. The molecule has 0 saturated carbocycles. The molecular weight excluding hydrogens is 298 g/mol. The maximum Gasteiger partial charge on any atom is 0.321 e. The summed E-state index contributed by atoms with van der Waals surface area (Å²) < 4.78 is 6.22. The Labute approximate surface area is 115 Å². The van der Waals surface area contributed by atoms with Gasteiger partial charge in [0.05, 0.1) is 13.2 Å². The third-order valence-electron chi connectivity index (χ3n) is 3.14. The lowest BCUT2D eigenvalue weighted by molar-refractivity contribution is -0.145. The zero-order valence-electron chi connectivity index (χ0n) is 10.0. The Morgan fingerprint density at radius 2 is 2.06 bits per heavy atom. The summed E-state index contributed by atoms with van der Waals surface area (Å²) in [5, 5.41) is 9.38. The Hall–Kier alpha value is -0.910. The highest BCUT2D eigenvalue weighted by Gasteiger charge is 2.27. The number of nitrogens with zero attached hydrogens (tertiary/aromatic N) is 1. The maximum atomic E-state index is 11.4. The highest BCUT2D eigenvalue weighted by atomic mass is 79.9. The summed E-state index contributed by atoms with van der Waals surface area (Å²) in [7, 11) is 0. The van der Waals surface area contributed by atoms with Crippen molar-refractivity contribution in [2.24, 2.45) is 0 Å². The van der Waals surface area contributed by atoms with Crippen molar-refractivity contribution in [1.29, 1.82) is 0 Å². The lowest BCUT2D eigenvalue weighted by atomic mass is 10.0. The summed E-state index contributed by atoms with van der Waals surface area (Å²) in [6.07, 6.45) is 0.511. The second kappa shape index (κ2) is 6.31. The maximum absolute atomic E-state index is 11.4. The largest absolute Gasteiger partial charge is 0.480 e. The zero-order valence-corrected chi connectivity index (χ0v) is 11.6. The third kappa shape index (κ3) is 3.31. The van der Waals surface area contributed by atoms with E-state index in [2.05, 4.69) is 15.9 Å². The Morgan fingerprint density at radius 1 is 1.39 bits per heavy atom. The van der Waals surface area contributed by atoms with Gasteiger partial charge in [-0.15, -0.1) is 0 Å². The molecule has 1 fully saturated rings. The van der Waals surface area contributed by atoms with Crippen molar-refractivity contribution in [1.82, 2.24) is 4.90 Å². The van der Waals surface area contributed by atoms with E-state index in [0.717, 1.165) is 10.0 Å². The molecule has 98 valence electrons. The lowest BCUT2D eigenvalue weighted by Gasteiger charge is -2.32. The topological polar surface area (TPSA) is 49.8 Å². The number of aliphatic carboxylic acids is 1. The number of carboxylic acid groups (broad SMARTS) is 1. The van der Waals surface area contributed by atoms with E-state index in [1.54, 1.807) is 0 Å². The first-order valence-corrected chi connectivity index (χ1v) is 6.76. The molecular formula is C13H16BrNO3. The molecule has 18 heavy (non-hydrogen) atoms. The van der Waals surface area contributed by atoms with Gasteiger partial charge in [-0.1, -0.05) is 34.1 Å². The van der Waals surface area contributed by atoms with Crippen molar-refractivity contribution in [3.05, 3.63) is 34.3 Å². The number of ether oxygens (including phenoxy) is 1. The molecule has 1 unspecified atom stereocenters. The first-order valence-electron chi connectivity index (χ1n) is 5.96. The fourth-order valence-corrected chi connectivity index (χ4v) is 2.58. The van der Waals surface area contributed by atoms with Crippen LogP contribution in [0.3, 0.4) is 0 Å². The first-order chi connectivity index (χ1) is 8.68. The number of morpholine rings is 1. The van der Waals surface area contributed by atoms with Crippen molar-refractivity contribution < 1.29 is 14.6 Å². The Kier molecular flexibility index (Phi) is 4.74. The molecule has 0 radical (unpaired) electrons. The third-order valence-corrected chi connectivity index (χ3v) is 3.92. The molecule has 4 nitrogen and oxygen atoms in total. The highest BCUT2D eigenvalue weighted by Crippen LogP contribution is 2.20. The van der Waals surface area contributed by atoms with Crippen molar-refractivity contribution in [3.63, 3.8) is 0 Å². The molecule has 0 bridgehead atoms. The van der Waals surface area contributed by atoms with Crippen LogP contribution in [-0.2, 0) is 16.0 Å². The van der Waals surface area contributed by atoms with Gasteiger partial charge in [-0.25, -0.2) is 0 Å². The van der Waals surface area contributed by atoms with E-state index in [9.17, 15) is 9.90 Å². The van der Waals surface area contributed by atoms with E-state index in [1.807, 2.05) is 29.2 Å². The molecule has 1 aliphatic heterocycles. The van der Waals surface area contributed by atoms with Gasteiger partial charge in [0.1, 0.15) is 6.04 Å². The van der Waals surface area contributed by atoms with Gasteiger partial charge in [0.15, 0.2) is 0 Å². The van der Waals surface area contributed by atoms with Crippen LogP contribution in [0, 0.1) is 0 Å². The lowest BCUT2D eigenvalue weighted by Crippen LogP contribution is -2.48. The van der Waals surface area contributed by atoms with Crippen molar-refractivity contribution in [3.8, 4) is 0 Å². The molecule has 1 atom stereocenters. The molecule has 1 N–H and O–H groups in total. The molecule has 5 heteroatoms. The van der Waals surface area contributed by atoms with Gasteiger partial charge in [0.2, 0.25) is 0 Å². The van der Waals surface area contributed by atoms with E-state index in [1.165, 1.54) is 0 Å². The summed E-state index contributed by atoms with van der Waals surface area (Å²) in [6.45, 7) is 2.59. The summed E-state index contributed by atoms with van der Waals surface area (Å²) >= 11 is 3.46. The second-order valence-electron chi connectivity index (χ2n) is 4.30. The number of hydrogen-bond donors (Lipinski definition) is 1. The van der Waals surface area contributed by atoms with Crippen LogP contribution in [0.1, 0.15) is 5.56 Å². The van der Waals surface area contributed by atoms with Crippen LogP contribution >= 0.6 is 15.9 Å². The van der Waals surface area contributed by atoms with Crippen molar-refractivity contribution in [2.75, 3.05) is 26.3 Å². The second-order valence-corrected chi connectivity index (χ2v) is 5.15. The van der Waals surface area contributed by atoms with Crippen LogP contribution in [0.2, 0.25) is 0 Å². The number of hydrogen-bond acceptors (Lipinski definition) is 3. The Balaban J connectivity index is 2.11. The minimum atomic E-state index is -0.771. The van der Waals surface area contributed by atoms with Crippen LogP contribution in [-0.4, -0.2) is 48.3 Å². The monoisotopic (exact) mass is 313 g/mol. The van der Waals surface area contributed by atoms with Gasteiger partial charge in [0, 0.05) is 17.6 Å². The van der Waals surface area contributed by atoms with Crippen LogP contribution in [0.4, 0.5) is 0 Å². The molecule has 2 rings (SSSR count). The molecule has 1 aliphatic rings. The smallest absolute Gasteiger partial charge is 0.321 e. The van der Waals surface area contributed by atoms with Crippen molar-refractivity contribution >= 4 is 21.9 Å². The number of rotatable bonds is 4. The zero-order chi connectivity index (χ0) is 13.0. The van der Waals surface area contributed by atoms with E-state index in [0.29, 0.717) is 32.7 Å². The molecule has 1 aromatic rings. The van der Waals surface area contributed by atoms with E-state index >= 15 is 0 Å². The predicted octanol–water partition coefficient (Wildman–Crippen LogP) is 1.78. The molecule has 0 aliphatic carbocycles. The number of carboxylic acids is 1. The van der Waals surface area contributed by atoms with Crippen LogP contribution < -0.4 is 0 Å². The number of halogens is 1. The minimum Gasteiger partial charge on any atom is -0.480 e. The molecule has 1 aromatic carbocycles. The van der Waals surface area contributed by atoms with Gasteiger partial charge in [-0.3, -0.25) is 9.69 Å². The van der Waals surface area contributed by atoms with Crippen LogP contribution in [0.5, 0.6) is 0 Å². The van der Waals surface area contributed by atoms with Gasteiger partial charge in [-0.05, 0) is 18.1 Å². The summed E-state index contributed by atoms with van der Waals surface area (Å²) in [5.74, 6) is -0.771. The van der Waals surface area contributed by atoms with E-state index in [-0.39, 0.29) is 0 Å². The summed E-state index contributed by atoms with van der Waals surface area (Å²) in [6, 6.07) is 7.28. The summed E-state index contributed by atoms with van der Waals surface area (Å²) in [5.41, 5.74) is 1.02. The predicted molar refractivity (Wildman–Crippen MR) is 71.7 cm³/mol. The standard InChI is InChI=1S/C13H16BrNO3/c14-11-4-2-1-3-10(11)9-12(13(16)17)15-5-7-18-8-6-15/h1-4,12H,5-9H2,(H,16,17).